The number of aryl methyl sites for hydroxylation is 1. The molecule has 1 nitrogen and oxygen atoms in total. The highest BCUT2D eigenvalue weighted by molar-refractivity contribution is 9.09. The van der Waals surface area contributed by atoms with Gasteiger partial charge < -0.3 is 0 Å². The van der Waals surface area contributed by atoms with Crippen LogP contribution in [0.1, 0.15) is 21.6 Å². The van der Waals surface area contributed by atoms with Crippen LogP contribution < -0.4 is 0 Å². The van der Waals surface area contributed by atoms with Crippen molar-refractivity contribution in [2.45, 2.75) is 18.2 Å². The molecule has 0 fully saturated rings. The van der Waals surface area contributed by atoms with Crippen molar-refractivity contribution in [1.82, 2.24) is 4.98 Å². The number of alkyl halides is 1. The van der Waals surface area contributed by atoms with Gasteiger partial charge in [0.2, 0.25) is 0 Å². The molecule has 0 radical (unpaired) electrons. The van der Waals surface area contributed by atoms with Gasteiger partial charge in [-0.1, -0.05) is 51.3 Å². The van der Waals surface area contributed by atoms with E-state index in [0.29, 0.717) is 10.0 Å². The summed E-state index contributed by atoms with van der Waals surface area (Å²) in [7, 11) is 0. The topological polar surface area (TPSA) is 12.9 Å². The summed E-state index contributed by atoms with van der Waals surface area (Å²) in [5, 5.41) is 1.33. The number of pyridine rings is 1. The molecule has 1 aromatic carbocycles. The highest BCUT2D eigenvalue weighted by atomic mass is 79.9. The lowest BCUT2D eigenvalue weighted by Gasteiger charge is -2.12. The van der Waals surface area contributed by atoms with Gasteiger partial charge >= 0.3 is 0 Å². The van der Waals surface area contributed by atoms with Crippen LogP contribution in [0.4, 0.5) is 0 Å². The van der Waals surface area contributed by atoms with E-state index >= 15 is 0 Å². The van der Waals surface area contributed by atoms with Crippen LogP contribution in [0.5, 0.6) is 0 Å². The molecule has 2 rings (SSSR count). The van der Waals surface area contributed by atoms with Gasteiger partial charge in [0.1, 0.15) is 0 Å². The Kier molecular flexibility index (Phi) is 4.66. The Bertz CT molecular complexity index is 540. The third-order valence-electron chi connectivity index (χ3n) is 2.66. The molecular weight excluding hydrogens is 333 g/mol. The van der Waals surface area contributed by atoms with Crippen LogP contribution in [0.25, 0.3) is 0 Å². The summed E-state index contributed by atoms with van der Waals surface area (Å²) in [5.41, 5.74) is 3.23. The van der Waals surface area contributed by atoms with E-state index < -0.39 is 0 Å². The Morgan fingerprint density at radius 1 is 1.22 bits per heavy atom. The van der Waals surface area contributed by atoms with E-state index in [1.807, 2.05) is 31.3 Å². The summed E-state index contributed by atoms with van der Waals surface area (Å²) < 4.78 is 0. The molecule has 0 N–H and O–H groups in total. The van der Waals surface area contributed by atoms with Crippen molar-refractivity contribution < 1.29 is 0 Å². The van der Waals surface area contributed by atoms with Gasteiger partial charge in [0, 0.05) is 33.2 Å². The van der Waals surface area contributed by atoms with Crippen LogP contribution in [-0.4, -0.2) is 4.98 Å². The van der Waals surface area contributed by atoms with Gasteiger partial charge in [-0.15, -0.1) is 0 Å². The van der Waals surface area contributed by atoms with Crippen molar-refractivity contribution in [3.63, 3.8) is 0 Å². The van der Waals surface area contributed by atoms with Crippen LogP contribution in [0.2, 0.25) is 10.0 Å². The molecule has 2 aromatic rings. The van der Waals surface area contributed by atoms with Crippen molar-refractivity contribution in [3.8, 4) is 0 Å². The Balaban J connectivity index is 2.16. The zero-order valence-corrected chi connectivity index (χ0v) is 12.9. The minimum atomic E-state index is 0.137. The van der Waals surface area contributed by atoms with Gasteiger partial charge in [0.15, 0.2) is 0 Å². The highest BCUT2D eigenvalue weighted by Crippen LogP contribution is 2.33. The molecule has 0 saturated carbocycles. The number of benzene rings is 1. The third kappa shape index (κ3) is 3.47. The molecule has 1 aromatic heterocycles. The molecule has 0 bridgehead atoms. The van der Waals surface area contributed by atoms with Crippen LogP contribution >= 0.6 is 39.1 Å². The number of aromatic nitrogens is 1. The normalized spacial score (nSPS) is 12.4. The van der Waals surface area contributed by atoms with Gasteiger partial charge in [-0.25, -0.2) is 0 Å². The molecule has 0 aliphatic rings. The summed E-state index contributed by atoms with van der Waals surface area (Å²) in [6.45, 7) is 2.03. The Morgan fingerprint density at radius 3 is 2.61 bits per heavy atom. The van der Waals surface area contributed by atoms with Gasteiger partial charge in [0.05, 0.1) is 0 Å². The Hall–Kier alpha value is -0.570. The summed E-state index contributed by atoms with van der Waals surface area (Å²) in [6.07, 6.45) is 2.67. The van der Waals surface area contributed by atoms with E-state index in [0.717, 1.165) is 23.2 Å². The number of hydrogen-bond acceptors (Lipinski definition) is 1. The predicted octanol–water partition coefficient (Wildman–Crippen LogP) is 5.38. The first-order valence-electron chi connectivity index (χ1n) is 5.57. The van der Waals surface area contributed by atoms with E-state index in [1.54, 1.807) is 6.07 Å². The molecule has 1 atom stereocenters. The van der Waals surface area contributed by atoms with Crippen molar-refractivity contribution in [1.29, 1.82) is 0 Å². The second-order valence-electron chi connectivity index (χ2n) is 4.16. The fourth-order valence-corrected chi connectivity index (χ4v) is 3.07. The lowest BCUT2D eigenvalue weighted by Crippen LogP contribution is -1.98. The van der Waals surface area contributed by atoms with E-state index in [4.69, 9.17) is 23.2 Å². The summed E-state index contributed by atoms with van der Waals surface area (Å²) >= 11 is 15.7. The molecule has 0 aliphatic heterocycles. The van der Waals surface area contributed by atoms with Crippen LogP contribution in [0.3, 0.4) is 0 Å². The van der Waals surface area contributed by atoms with E-state index in [1.165, 1.54) is 0 Å². The van der Waals surface area contributed by atoms with Crippen molar-refractivity contribution in [2.75, 3.05) is 0 Å². The molecular formula is C14H12BrCl2N. The van der Waals surface area contributed by atoms with Crippen LogP contribution in [0.15, 0.2) is 36.5 Å². The molecule has 0 amide bonds. The van der Waals surface area contributed by atoms with E-state index in [9.17, 15) is 0 Å². The van der Waals surface area contributed by atoms with Crippen molar-refractivity contribution >= 4 is 39.1 Å². The largest absolute Gasteiger partial charge is 0.261 e. The summed E-state index contributed by atoms with van der Waals surface area (Å²) in [6, 6.07) is 9.64. The molecule has 1 unspecified atom stereocenters. The van der Waals surface area contributed by atoms with Gasteiger partial charge in [-0.05, 0) is 36.2 Å². The first-order valence-corrected chi connectivity index (χ1v) is 7.24. The molecule has 1 heterocycles. The van der Waals surface area contributed by atoms with Gasteiger partial charge in [0.25, 0.3) is 0 Å². The second kappa shape index (κ2) is 6.05. The lowest BCUT2D eigenvalue weighted by atomic mass is 10.1. The maximum Gasteiger partial charge on any atom is 0.0465 e. The minimum absolute atomic E-state index is 0.137. The first kappa shape index (κ1) is 13.9. The monoisotopic (exact) mass is 343 g/mol. The fourth-order valence-electron chi connectivity index (χ4n) is 1.67. The minimum Gasteiger partial charge on any atom is -0.261 e. The standard InChI is InChI=1S/C14H12BrCl2N/c1-9-2-4-11(18-8-9)7-13(15)12-5-3-10(16)6-14(12)17/h2-6,8,13H,7H2,1H3. The molecule has 0 spiro atoms. The predicted molar refractivity (Wildman–Crippen MR) is 80.8 cm³/mol. The van der Waals surface area contributed by atoms with Crippen molar-refractivity contribution in [3.05, 3.63) is 63.4 Å². The maximum atomic E-state index is 6.18. The Labute approximate surface area is 125 Å². The average Bonchev–Trinajstić information content (AvgIpc) is 2.32. The molecule has 0 aliphatic carbocycles. The van der Waals surface area contributed by atoms with Crippen molar-refractivity contribution in [2.24, 2.45) is 0 Å². The first-order chi connectivity index (χ1) is 8.56. The summed E-state index contributed by atoms with van der Waals surface area (Å²) in [4.78, 5) is 4.53. The van der Waals surface area contributed by atoms with Gasteiger partial charge in [-0.2, -0.15) is 0 Å². The molecule has 4 heteroatoms. The molecule has 0 saturated heterocycles. The smallest absolute Gasteiger partial charge is 0.0465 e. The third-order valence-corrected chi connectivity index (χ3v) is 4.04. The number of nitrogens with zero attached hydrogens (tertiary/aromatic N) is 1. The van der Waals surface area contributed by atoms with E-state index in [2.05, 4.69) is 27.0 Å². The number of hydrogen-bond donors (Lipinski definition) is 0. The summed E-state index contributed by atoms with van der Waals surface area (Å²) in [5.74, 6) is 0. The lowest BCUT2D eigenvalue weighted by molar-refractivity contribution is 0.902. The van der Waals surface area contributed by atoms with Crippen LogP contribution in [0, 0.1) is 6.92 Å². The Morgan fingerprint density at radius 2 is 2.00 bits per heavy atom. The highest BCUT2D eigenvalue weighted by Gasteiger charge is 2.13. The van der Waals surface area contributed by atoms with Crippen LogP contribution in [-0.2, 0) is 6.42 Å². The second-order valence-corrected chi connectivity index (χ2v) is 6.11. The average molecular weight is 345 g/mol. The quantitative estimate of drug-likeness (QED) is 0.681. The zero-order valence-electron chi connectivity index (χ0n) is 9.83. The van der Waals surface area contributed by atoms with Gasteiger partial charge in [-0.3, -0.25) is 4.98 Å². The molecule has 94 valence electrons. The SMILES string of the molecule is Cc1ccc(CC(Br)c2ccc(Cl)cc2Cl)nc1. The maximum absolute atomic E-state index is 6.18. The molecule has 18 heavy (non-hydrogen) atoms. The zero-order chi connectivity index (χ0) is 13.1. The number of halogens is 3. The van der Waals surface area contributed by atoms with E-state index in [-0.39, 0.29) is 4.83 Å². The fraction of sp³-hybridized carbons (Fsp3) is 0.214. The number of rotatable bonds is 3.